The third-order valence-electron chi connectivity index (χ3n) is 5.71. The molecule has 0 atom stereocenters. The summed E-state index contributed by atoms with van der Waals surface area (Å²) in [6.07, 6.45) is 4.10. The highest BCUT2D eigenvalue weighted by Crippen LogP contribution is 2.37. The molecule has 6 nitrogen and oxygen atoms in total. The minimum absolute atomic E-state index is 0.228. The fourth-order valence-corrected chi connectivity index (χ4v) is 5.19. The molecule has 7 heteroatoms. The number of rotatable bonds is 3. The summed E-state index contributed by atoms with van der Waals surface area (Å²) in [5, 5.41) is 2.83. The van der Waals surface area contributed by atoms with Gasteiger partial charge < -0.3 is 10.1 Å². The molecule has 0 saturated carbocycles. The predicted molar refractivity (Wildman–Crippen MR) is 120 cm³/mol. The van der Waals surface area contributed by atoms with Gasteiger partial charge in [0.2, 0.25) is 0 Å². The number of nitrogens with one attached hydrogen (secondary N) is 2. The van der Waals surface area contributed by atoms with Crippen molar-refractivity contribution in [3.05, 3.63) is 76.9 Å². The minimum atomic E-state index is -3.78. The molecule has 1 amide bonds. The third-order valence-corrected chi connectivity index (χ3v) is 7.09. The molecule has 1 aliphatic carbocycles. The number of fused-ring (bicyclic) bond motifs is 3. The zero-order valence-electron chi connectivity index (χ0n) is 17.1. The maximum atomic E-state index is 13.0. The Morgan fingerprint density at radius 3 is 2.52 bits per heavy atom. The van der Waals surface area contributed by atoms with E-state index in [0.717, 1.165) is 36.8 Å². The smallest absolute Gasteiger partial charge is 0.261 e. The summed E-state index contributed by atoms with van der Waals surface area (Å²) in [6.45, 7) is 1.93. The molecule has 0 fully saturated rings. The lowest BCUT2D eigenvalue weighted by Gasteiger charge is -2.17. The molecule has 3 aromatic rings. The number of ether oxygens (including phenoxy) is 1. The van der Waals surface area contributed by atoms with Gasteiger partial charge in [-0.3, -0.25) is 9.52 Å². The Morgan fingerprint density at radius 2 is 1.68 bits per heavy atom. The highest BCUT2D eigenvalue weighted by Gasteiger charge is 2.23. The first kappa shape index (κ1) is 19.6. The van der Waals surface area contributed by atoms with Crippen molar-refractivity contribution in [3.63, 3.8) is 0 Å². The summed E-state index contributed by atoms with van der Waals surface area (Å²) in [5.41, 5.74) is 4.46. The Morgan fingerprint density at radius 1 is 0.903 bits per heavy atom. The van der Waals surface area contributed by atoms with Crippen LogP contribution in [0, 0.1) is 6.92 Å². The lowest BCUT2D eigenvalue weighted by Crippen LogP contribution is -2.15. The van der Waals surface area contributed by atoms with E-state index in [1.807, 2.05) is 25.1 Å². The van der Waals surface area contributed by atoms with E-state index in [0.29, 0.717) is 22.9 Å². The Bertz CT molecular complexity index is 1320. The molecule has 0 radical (unpaired) electrons. The average molecular weight is 435 g/mol. The monoisotopic (exact) mass is 434 g/mol. The topological polar surface area (TPSA) is 84.5 Å². The van der Waals surface area contributed by atoms with Gasteiger partial charge in [-0.05, 0) is 91.8 Å². The lowest BCUT2D eigenvalue weighted by molar-refractivity contribution is 0.102. The van der Waals surface area contributed by atoms with Crippen molar-refractivity contribution < 1.29 is 17.9 Å². The number of hydrogen-bond donors (Lipinski definition) is 2. The number of carbonyl (C=O) groups is 1. The van der Waals surface area contributed by atoms with Gasteiger partial charge in [-0.15, -0.1) is 0 Å². The van der Waals surface area contributed by atoms with Crippen LogP contribution >= 0.6 is 0 Å². The highest BCUT2D eigenvalue weighted by molar-refractivity contribution is 7.92. The largest absolute Gasteiger partial charge is 0.454 e. The molecular weight excluding hydrogens is 412 g/mol. The molecule has 1 heterocycles. The van der Waals surface area contributed by atoms with Crippen molar-refractivity contribution in [2.75, 3.05) is 10.0 Å². The fraction of sp³-hybridized carbons (Fsp3) is 0.208. The molecule has 1 aliphatic heterocycles. The zero-order chi connectivity index (χ0) is 21.6. The van der Waals surface area contributed by atoms with Gasteiger partial charge in [0.05, 0.1) is 16.1 Å². The molecule has 158 valence electrons. The summed E-state index contributed by atoms with van der Waals surface area (Å²) in [7, 11) is -3.78. The van der Waals surface area contributed by atoms with Crippen LogP contribution in [-0.2, 0) is 22.9 Å². The van der Waals surface area contributed by atoms with Gasteiger partial charge in [0, 0.05) is 5.69 Å². The molecule has 5 rings (SSSR count). The summed E-state index contributed by atoms with van der Waals surface area (Å²) >= 11 is 0. The highest BCUT2D eigenvalue weighted by atomic mass is 32.2. The molecule has 0 unspecified atom stereocenters. The van der Waals surface area contributed by atoms with Crippen molar-refractivity contribution in [2.45, 2.75) is 37.5 Å². The maximum absolute atomic E-state index is 13.0. The van der Waals surface area contributed by atoms with E-state index in [1.165, 1.54) is 11.6 Å². The number of sulfonamides is 1. The second kappa shape index (κ2) is 7.42. The average Bonchev–Trinajstić information content (AvgIpc) is 2.88. The Kier molecular flexibility index (Phi) is 4.70. The van der Waals surface area contributed by atoms with E-state index in [1.54, 1.807) is 30.3 Å². The van der Waals surface area contributed by atoms with Gasteiger partial charge in [-0.25, -0.2) is 8.42 Å². The quantitative estimate of drug-likeness (QED) is 0.605. The molecule has 0 spiro atoms. The predicted octanol–water partition coefficient (Wildman–Crippen LogP) is 5.03. The van der Waals surface area contributed by atoms with E-state index in [9.17, 15) is 13.2 Å². The minimum Gasteiger partial charge on any atom is -0.454 e. The van der Waals surface area contributed by atoms with Crippen LogP contribution in [0.3, 0.4) is 0 Å². The normalized spacial score (nSPS) is 14.9. The van der Waals surface area contributed by atoms with Crippen LogP contribution in [0.5, 0.6) is 11.5 Å². The number of aryl methyl sites for hydroxylation is 3. The molecular formula is C24H22N2O4S. The number of hydrogen-bond acceptors (Lipinski definition) is 4. The van der Waals surface area contributed by atoms with Gasteiger partial charge in [0.15, 0.2) is 5.75 Å². The summed E-state index contributed by atoms with van der Waals surface area (Å²) < 4.78 is 34.5. The first-order valence-corrected chi connectivity index (χ1v) is 11.8. The van der Waals surface area contributed by atoms with Crippen molar-refractivity contribution >= 4 is 27.3 Å². The van der Waals surface area contributed by atoms with E-state index in [4.69, 9.17) is 4.74 Å². The Labute approximate surface area is 181 Å². The molecule has 0 aromatic heterocycles. The molecule has 31 heavy (non-hydrogen) atoms. The van der Waals surface area contributed by atoms with Crippen LogP contribution in [-0.4, -0.2) is 14.3 Å². The van der Waals surface area contributed by atoms with Crippen LogP contribution < -0.4 is 14.8 Å². The summed E-state index contributed by atoms with van der Waals surface area (Å²) in [5.74, 6) is 0.561. The first-order valence-electron chi connectivity index (χ1n) is 10.3. The van der Waals surface area contributed by atoms with Crippen LogP contribution in [0.4, 0.5) is 11.4 Å². The SMILES string of the molecule is Cc1ccc2c(c1)NC(=O)c1cc(NS(=O)(=O)c3ccc4c(c3)CCCC4)ccc1O2. The molecule has 3 aromatic carbocycles. The van der Waals surface area contributed by atoms with E-state index in [-0.39, 0.29) is 16.4 Å². The number of amides is 1. The van der Waals surface area contributed by atoms with Crippen molar-refractivity contribution in [1.29, 1.82) is 0 Å². The fourth-order valence-electron chi connectivity index (χ4n) is 4.09. The van der Waals surface area contributed by atoms with Crippen LogP contribution in [0.1, 0.15) is 39.9 Å². The number of anilines is 2. The van der Waals surface area contributed by atoms with Gasteiger partial charge in [-0.2, -0.15) is 0 Å². The number of benzene rings is 3. The van der Waals surface area contributed by atoms with E-state index < -0.39 is 10.0 Å². The lowest BCUT2D eigenvalue weighted by atomic mass is 9.92. The first-order chi connectivity index (χ1) is 14.9. The summed E-state index contributed by atoms with van der Waals surface area (Å²) in [6, 6.07) is 15.5. The zero-order valence-corrected chi connectivity index (χ0v) is 17.9. The van der Waals surface area contributed by atoms with Crippen LogP contribution in [0.25, 0.3) is 0 Å². The van der Waals surface area contributed by atoms with Gasteiger partial charge in [-0.1, -0.05) is 12.1 Å². The Balaban J connectivity index is 1.44. The second-order valence-corrected chi connectivity index (χ2v) is 9.69. The van der Waals surface area contributed by atoms with E-state index >= 15 is 0 Å². The van der Waals surface area contributed by atoms with Crippen LogP contribution in [0.15, 0.2) is 59.5 Å². The van der Waals surface area contributed by atoms with E-state index in [2.05, 4.69) is 10.0 Å². The van der Waals surface area contributed by atoms with Gasteiger partial charge in [0.1, 0.15) is 5.75 Å². The molecule has 2 N–H and O–H groups in total. The van der Waals surface area contributed by atoms with Crippen molar-refractivity contribution in [1.82, 2.24) is 0 Å². The second-order valence-electron chi connectivity index (χ2n) is 8.01. The summed E-state index contributed by atoms with van der Waals surface area (Å²) in [4.78, 5) is 13.0. The standard InChI is InChI=1S/C24H22N2O4S/c1-15-6-10-23-21(12-15)25-24(27)20-14-18(8-11-22(20)30-23)26-31(28,29)19-9-7-16-4-2-3-5-17(16)13-19/h6-14,26H,2-5H2,1H3,(H,25,27). The maximum Gasteiger partial charge on any atom is 0.261 e. The van der Waals surface area contributed by atoms with Gasteiger partial charge in [0.25, 0.3) is 15.9 Å². The molecule has 2 aliphatic rings. The van der Waals surface area contributed by atoms with Crippen LogP contribution in [0.2, 0.25) is 0 Å². The number of carbonyl (C=O) groups excluding carboxylic acids is 1. The Hall–Kier alpha value is -3.32. The van der Waals surface area contributed by atoms with Crippen molar-refractivity contribution in [2.24, 2.45) is 0 Å². The molecule has 0 bridgehead atoms. The van der Waals surface area contributed by atoms with Crippen molar-refractivity contribution in [3.8, 4) is 11.5 Å². The molecule has 0 saturated heterocycles. The third kappa shape index (κ3) is 3.77. The van der Waals surface area contributed by atoms with Gasteiger partial charge >= 0.3 is 0 Å².